The van der Waals surface area contributed by atoms with E-state index in [-0.39, 0.29) is 10.6 Å². The Labute approximate surface area is 143 Å². The standard InChI is InChI=1S/C16H14N4O4S/c1-25(23,24)13-6-7-15-14(8-13)16(19-10-18-15)17-9-11-2-4-12(5-3-11)20(21)22/h2-8,10H,9H2,1H3,(H,17,18,19). The van der Waals surface area contributed by atoms with Crippen LogP contribution in [-0.4, -0.2) is 29.6 Å². The lowest BCUT2D eigenvalue weighted by molar-refractivity contribution is -0.384. The number of rotatable bonds is 5. The fourth-order valence-corrected chi connectivity index (χ4v) is 2.98. The maximum Gasteiger partial charge on any atom is 0.269 e. The van der Waals surface area contributed by atoms with Crippen molar-refractivity contribution >= 4 is 32.2 Å². The topological polar surface area (TPSA) is 115 Å². The predicted octanol–water partition coefficient (Wildman–Crippen LogP) is 2.55. The van der Waals surface area contributed by atoms with E-state index in [2.05, 4.69) is 15.3 Å². The van der Waals surface area contributed by atoms with E-state index in [1.807, 2.05) is 0 Å². The second kappa shape index (κ2) is 6.44. The summed E-state index contributed by atoms with van der Waals surface area (Å²) >= 11 is 0. The van der Waals surface area contributed by atoms with Gasteiger partial charge in [0.1, 0.15) is 12.1 Å². The molecule has 128 valence electrons. The molecule has 1 heterocycles. The number of anilines is 1. The molecule has 9 heteroatoms. The van der Waals surface area contributed by atoms with Crippen molar-refractivity contribution in [2.24, 2.45) is 0 Å². The highest BCUT2D eigenvalue weighted by Crippen LogP contribution is 2.23. The highest BCUT2D eigenvalue weighted by Gasteiger charge is 2.11. The molecule has 0 bridgehead atoms. The van der Waals surface area contributed by atoms with Gasteiger partial charge in [0.05, 0.1) is 15.3 Å². The van der Waals surface area contributed by atoms with Gasteiger partial charge in [-0.2, -0.15) is 0 Å². The summed E-state index contributed by atoms with van der Waals surface area (Å²) in [7, 11) is -3.34. The van der Waals surface area contributed by atoms with Gasteiger partial charge >= 0.3 is 0 Å². The lowest BCUT2D eigenvalue weighted by Gasteiger charge is -2.09. The Hall–Kier alpha value is -3.07. The first-order valence-corrected chi connectivity index (χ1v) is 9.16. The number of nitrogens with one attached hydrogen (secondary N) is 1. The Morgan fingerprint density at radius 3 is 2.48 bits per heavy atom. The quantitative estimate of drug-likeness (QED) is 0.550. The van der Waals surface area contributed by atoms with E-state index in [1.165, 1.54) is 30.6 Å². The van der Waals surface area contributed by atoms with Crippen LogP contribution in [0.5, 0.6) is 0 Å². The van der Waals surface area contributed by atoms with E-state index in [0.29, 0.717) is 23.3 Å². The van der Waals surface area contributed by atoms with Gasteiger partial charge in [0, 0.05) is 30.3 Å². The zero-order valence-electron chi connectivity index (χ0n) is 13.2. The number of sulfone groups is 1. The number of fused-ring (bicyclic) bond motifs is 1. The van der Waals surface area contributed by atoms with Gasteiger partial charge in [-0.1, -0.05) is 12.1 Å². The molecule has 0 radical (unpaired) electrons. The molecule has 0 aliphatic heterocycles. The fourth-order valence-electron chi connectivity index (χ4n) is 2.33. The van der Waals surface area contributed by atoms with Gasteiger partial charge in [-0.25, -0.2) is 18.4 Å². The van der Waals surface area contributed by atoms with E-state index < -0.39 is 14.8 Å². The fraction of sp³-hybridized carbons (Fsp3) is 0.125. The van der Waals surface area contributed by atoms with E-state index in [0.717, 1.165) is 11.8 Å². The van der Waals surface area contributed by atoms with Gasteiger partial charge < -0.3 is 5.32 Å². The molecule has 3 rings (SSSR count). The number of hydrogen-bond acceptors (Lipinski definition) is 7. The number of nitrogens with zero attached hydrogens (tertiary/aromatic N) is 3. The van der Waals surface area contributed by atoms with Gasteiger partial charge in [-0.05, 0) is 23.8 Å². The van der Waals surface area contributed by atoms with Crippen LogP contribution in [0, 0.1) is 10.1 Å². The van der Waals surface area contributed by atoms with Crippen LogP contribution in [0.1, 0.15) is 5.56 Å². The first kappa shape index (κ1) is 16.8. The largest absolute Gasteiger partial charge is 0.365 e. The summed E-state index contributed by atoms with van der Waals surface area (Å²) in [5.41, 5.74) is 1.47. The van der Waals surface area contributed by atoms with E-state index in [9.17, 15) is 18.5 Å². The molecule has 0 unspecified atom stereocenters. The summed E-state index contributed by atoms with van der Waals surface area (Å²) in [4.78, 5) is 18.7. The molecule has 0 spiro atoms. The first-order chi connectivity index (χ1) is 11.8. The lowest BCUT2D eigenvalue weighted by atomic mass is 10.2. The number of benzene rings is 2. The molecule has 0 atom stereocenters. The van der Waals surface area contributed by atoms with Crippen molar-refractivity contribution < 1.29 is 13.3 Å². The molecule has 0 fully saturated rings. The van der Waals surface area contributed by atoms with Gasteiger partial charge in [0.15, 0.2) is 9.84 Å². The maximum absolute atomic E-state index is 11.7. The molecule has 1 aromatic heterocycles. The molecule has 0 aliphatic carbocycles. The predicted molar refractivity (Wildman–Crippen MR) is 93.1 cm³/mol. The SMILES string of the molecule is CS(=O)(=O)c1ccc2ncnc(NCc3ccc([N+](=O)[O-])cc3)c2c1. The number of aromatic nitrogens is 2. The normalized spacial score (nSPS) is 11.4. The monoisotopic (exact) mass is 358 g/mol. The molecule has 8 nitrogen and oxygen atoms in total. The second-order valence-electron chi connectivity index (χ2n) is 5.45. The third-order valence-electron chi connectivity index (χ3n) is 3.64. The molecular weight excluding hydrogens is 344 g/mol. The van der Waals surface area contributed by atoms with Crippen molar-refractivity contribution in [3.8, 4) is 0 Å². The molecule has 2 aromatic carbocycles. The van der Waals surface area contributed by atoms with Gasteiger partial charge in [-0.15, -0.1) is 0 Å². The van der Waals surface area contributed by atoms with Gasteiger partial charge in [0.25, 0.3) is 5.69 Å². The van der Waals surface area contributed by atoms with Crippen LogP contribution in [-0.2, 0) is 16.4 Å². The molecule has 1 N–H and O–H groups in total. The van der Waals surface area contributed by atoms with Crippen LogP contribution in [0.3, 0.4) is 0 Å². The van der Waals surface area contributed by atoms with Crippen molar-refractivity contribution in [1.82, 2.24) is 9.97 Å². The molecule has 0 saturated carbocycles. The minimum Gasteiger partial charge on any atom is -0.365 e. The number of nitro benzene ring substituents is 1. The highest BCUT2D eigenvalue weighted by molar-refractivity contribution is 7.90. The number of hydrogen-bond donors (Lipinski definition) is 1. The molecule has 0 saturated heterocycles. The van der Waals surface area contributed by atoms with Crippen molar-refractivity contribution in [2.75, 3.05) is 11.6 Å². The summed E-state index contributed by atoms with van der Waals surface area (Å²) < 4.78 is 23.5. The van der Waals surface area contributed by atoms with Gasteiger partial charge in [-0.3, -0.25) is 10.1 Å². The summed E-state index contributed by atoms with van der Waals surface area (Å²) in [5.74, 6) is 0.494. The number of non-ortho nitro benzene ring substituents is 1. The molecular formula is C16H14N4O4S. The van der Waals surface area contributed by atoms with Gasteiger partial charge in [0.2, 0.25) is 0 Å². The minimum absolute atomic E-state index is 0.0223. The molecule has 0 aliphatic rings. The van der Waals surface area contributed by atoms with E-state index in [4.69, 9.17) is 0 Å². The number of nitro groups is 1. The highest BCUT2D eigenvalue weighted by atomic mass is 32.2. The first-order valence-electron chi connectivity index (χ1n) is 7.26. The van der Waals surface area contributed by atoms with Crippen LogP contribution in [0.2, 0.25) is 0 Å². The summed E-state index contributed by atoms with van der Waals surface area (Å²) in [5, 5.41) is 14.4. The zero-order valence-corrected chi connectivity index (χ0v) is 14.0. The Morgan fingerprint density at radius 1 is 1.12 bits per heavy atom. The van der Waals surface area contributed by atoms with Crippen molar-refractivity contribution in [2.45, 2.75) is 11.4 Å². The second-order valence-corrected chi connectivity index (χ2v) is 7.47. The summed E-state index contributed by atoms with van der Waals surface area (Å²) in [6.07, 6.45) is 2.53. The van der Waals surface area contributed by atoms with Crippen molar-refractivity contribution in [3.05, 3.63) is 64.5 Å². The summed E-state index contributed by atoms with van der Waals surface area (Å²) in [6, 6.07) is 10.8. The van der Waals surface area contributed by atoms with Crippen LogP contribution < -0.4 is 5.32 Å². The molecule has 25 heavy (non-hydrogen) atoms. The van der Waals surface area contributed by atoms with Crippen molar-refractivity contribution in [1.29, 1.82) is 0 Å². The third kappa shape index (κ3) is 3.72. The van der Waals surface area contributed by atoms with Crippen LogP contribution in [0.25, 0.3) is 10.9 Å². The smallest absolute Gasteiger partial charge is 0.269 e. The van der Waals surface area contributed by atoms with Crippen molar-refractivity contribution in [3.63, 3.8) is 0 Å². The summed E-state index contributed by atoms with van der Waals surface area (Å²) in [6.45, 7) is 0.382. The van der Waals surface area contributed by atoms with E-state index >= 15 is 0 Å². The van der Waals surface area contributed by atoms with Crippen LogP contribution in [0.4, 0.5) is 11.5 Å². The molecule has 0 amide bonds. The Balaban J connectivity index is 1.89. The minimum atomic E-state index is -3.34. The molecule has 3 aromatic rings. The Morgan fingerprint density at radius 2 is 1.84 bits per heavy atom. The Bertz CT molecular complexity index is 1050. The van der Waals surface area contributed by atoms with E-state index in [1.54, 1.807) is 18.2 Å². The third-order valence-corrected chi connectivity index (χ3v) is 4.75. The zero-order chi connectivity index (χ0) is 18.0. The Kier molecular flexibility index (Phi) is 4.32. The average molecular weight is 358 g/mol. The lowest BCUT2D eigenvalue weighted by Crippen LogP contribution is -2.04. The van der Waals surface area contributed by atoms with Crippen LogP contribution >= 0.6 is 0 Å². The maximum atomic E-state index is 11.7. The van der Waals surface area contributed by atoms with Crippen LogP contribution in [0.15, 0.2) is 53.7 Å². The average Bonchev–Trinajstić information content (AvgIpc) is 2.59.